The van der Waals surface area contributed by atoms with Crippen LogP contribution in [0.4, 0.5) is 0 Å². The fraction of sp³-hybridized carbons (Fsp3) is 0.556. The highest BCUT2D eigenvalue weighted by Crippen LogP contribution is 2.50. The Balaban J connectivity index is 2.85. The molecule has 0 atom stereocenters. The second-order valence-electron chi connectivity index (χ2n) is 11.5. The van der Waals surface area contributed by atoms with Crippen LogP contribution < -0.4 is 20.1 Å². The summed E-state index contributed by atoms with van der Waals surface area (Å²) < 4.78 is 22.8. The topological polar surface area (TPSA) is 36.9 Å². The molecule has 0 unspecified atom stereocenters. The van der Waals surface area contributed by atoms with Crippen LogP contribution in [0, 0.1) is 0 Å². The number of hydrogen-bond acceptors (Lipinski definition) is 4. The van der Waals surface area contributed by atoms with Crippen LogP contribution in [0.25, 0.3) is 0 Å². The van der Waals surface area contributed by atoms with Crippen LogP contribution in [0.3, 0.4) is 0 Å². The summed E-state index contributed by atoms with van der Waals surface area (Å²) in [5.74, 6) is 1.80. The zero-order chi connectivity index (χ0) is 25.0. The van der Waals surface area contributed by atoms with E-state index in [0.29, 0.717) is 0 Å². The summed E-state index contributed by atoms with van der Waals surface area (Å²) in [6, 6.07) is 13.3. The molecule has 0 N–H and O–H groups in total. The van der Waals surface area contributed by atoms with Gasteiger partial charge in [-0.1, -0.05) is 80.8 Å². The van der Waals surface area contributed by atoms with Gasteiger partial charge < -0.3 is 18.9 Å². The van der Waals surface area contributed by atoms with Gasteiger partial charge in [-0.25, -0.2) is 0 Å². The predicted molar refractivity (Wildman–Crippen MR) is 145 cm³/mol. The fourth-order valence-electron chi connectivity index (χ4n) is 3.66. The van der Waals surface area contributed by atoms with E-state index in [0.717, 1.165) is 11.5 Å². The van der Waals surface area contributed by atoms with Gasteiger partial charge in [-0.2, -0.15) is 0 Å². The monoisotopic (exact) mass is 490 g/mol. The molecule has 0 aromatic heterocycles. The number of ether oxygens (including phenoxy) is 4. The van der Waals surface area contributed by atoms with Gasteiger partial charge in [0.05, 0.1) is 7.74 Å². The van der Waals surface area contributed by atoms with Crippen LogP contribution in [-0.2, 0) is 20.3 Å². The SMILES string of the molecule is COCOc1ccc(C(C)(C)C)cc1P(c1cc(C(C)(C)C)ccc1OCOC)[Si](C)(C)C. The molecule has 184 valence electrons. The molecule has 2 rings (SSSR count). The zero-order valence-corrected chi connectivity index (χ0v) is 24.4. The van der Waals surface area contributed by atoms with Gasteiger partial charge in [-0.05, 0) is 46.2 Å². The van der Waals surface area contributed by atoms with Crippen molar-refractivity contribution in [2.24, 2.45) is 0 Å². The van der Waals surface area contributed by atoms with Gasteiger partial charge in [0.2, 0.25) is 0 Å². The van der Waals surface area contributed by atoms with E-state index in [1.807, 2.05) is 0 Å². The molecule has 0 heterocycles. The van der Waals surface area contributed by atoms with Gasteiger partial charge in [0.25, 0.3) is 0 Å². The van der Waals surface area contributed by atoms with Gasteiger partial charge in [-0.3, -0.25) is 0 Å². The highest BCUT2D eigenvalue weighted by molar-refractivity contribution is 8.04. The summed E-state index contributed by atoms with van der Waals surface area (Å²) in [7, 11) is 0.856. The maximum Gasteiger partial charge on any atom is 0.188 e. The van der Waals surface area contributed by atoms with Crippen molar-refractivity contribution in [2.75, 3.05) is 27.8 Å². The van der Waals surface area contributed by atoms with Gasteiger partial charge >= 0.3 is 0 Å². The molecule has 0 aliphatic carbocycles. The summed E-state index contributed by atoms with van der Waals surface area (Å²) >= 11 is 0. The van der Waals surface area contributed by atoms with Crippen molar-refractivity contribution in [3.05, 3.63) is 47.5 Å². The lowest BCUT2D eigenvalue weighted by Gasteiger charge is -2.35. The average Bonchev–Trinajstić information content (AvgIpc) is 2.69. The fourth-order valence-corrected chi connectivity index (χ4v) is 12.0. The van der Waals surface area contributed by atoms with E-state index < -0.39 is 15.2 Å². The number of hydrogen-bond donors (Lipinski definition) is 0. The molecule has 0 aliphatic heterocycles. The van der Waals surface area contributed by atoms with E-state index >= 15 is 0 Å². The normalized spacial score (nSPS) is 12.8. The quantitative estimate of drug-likeness (QED) is 0.228. The first-order valence-corrected chi connectivity index (χ1v) is 17.2. The molecular weight excluding hydrogens is 447 g/mol. The number of methoxy groups -OCH3 is 2. The highest BCUT2D eigenvalue weighted by atomic mass is 31.4. The Kier molecular flexibility index (Phi) is 9.20. The lowest BCUT2D eigenvalue weighted by molar-refractivity contribution is 0.0518. The van der Waals surface area contributed by atoms with E-state index in [-0.39, 0.29) is 24.4 Å². The molecule has 6 heteroatoms. The maximum absolute atomic E-state index is 6.12. The highest BCUT2D eigenvalue weighted by Gasteiger charge is 2.35. The third-order valence-corrected chi connectivity index (χ3v) is 13.9. The van der Waals surface area contributed by atoms with Gasteiger partial charge in [0, 0.05) is 24.8 Å². The molecule has 0 bridgehead atoms. The van der Waals surface area contributed by atoms with E-state index in [1.54, 1.807) is 14.2 Å². The smallest absolute Gasteiger partial charge is 0.188 e. The lowest BCUT2D eigenvalue weighted by Crippen LogP contribution is -2.33. The summed E-state index contributed by atoms with van der Waals surface area (Å²) in [5, 5.41) is 2.53. The molecule has 0 aliphatic rings. The molecule has 33 heavy (non-hydrogen) atoms. The van der Waals surface area contributed by atoms with E-state index in [4.69, 9.17) is 18.9 Å². The minimum Gasteiger partial charge on any atom is -0.467 e. The first-order chi connectivity index (χ1) is 15.2. The largest absolute Gasteiger partial charge is 0.467 e. The Morgan fingerprint density at radius 1 is 0.667 bits per heavy atom. The molecule has 0 spiro atoms. The molecule has 4 nitrogen and oxygen atoms in total. The molecule has 0 fully saturated rings. The van der Waals surface area contributed by atoms with Crippen molar-refractivity contribution in [2.45, 2.75) is 72.0 Å². The molecule has 0 radical (unpaired) electrons. The number of benzene rings is 2. The molecular formula is C27H43O4PSi. The molecule has 0 amide bonds. The summed E-state index contributed by atoms with van der Waals surface area (Å²) in [4.78, 5) is 0. The van der Waals surface area contributed by atoms with Crippen LogP contribution in [0.5, 0.6) is 11.5 Å². The van der Waals surface area contributed by atoms with Gasteiger partial charge in [-0.15, -0.1) is 0 Å². The van der Waals surface area contributed by atoms with Crippen molar-refractivity contribution >= 4 is 25.8 Å². The zero-order valence-electron chi connectivity index (χ0n) is 22.5. The van der Waals surface area contributed by atoms with Crippen molar-refractivity contribution in [3.8, 4) is 11.5 Å². The molecule has 0 saturated carbocycles. The van der Waals surface area contributed by atoms with Crippen molar-refractivity contribution in [1.29, 1.82) is 0 Å². The Bertz CT molecular complexity index is 854. The number of rotatable bonds is 9. The summed E-state index contributed by atoms with van der Waals surface area (Å²) in [6.45, 7) is 21.3. The minimum atomic E-state index is -1.75. The van der Waals surface area contributed by atoms with Crippen LogP contribution in [0.15, 0.2) is 36.4 Å². The Morgan fingerprint density at radius 2 is 1.03 bits per heavy atom. The third kappa shape index (κ3) is 7.29. The molecule has 0 saturated heterocycles. The van der Waals surface area contributed by atoms with Crippen LogP contribution in [0.1, 0.15) is 52.7 Å². The second-order valence-corrected chi connectivity index (χ2v) is 22.8. The summed E-state index contributed by atoms with van der Waals surface area (Å²) in [6.07, 6.45) is 0. The Hall–Kier alpha value is -1.39. The standard InChI is InChI=1S/C27H43O4PSi/c1-26(2,3)20-12-14-22(30-18-28-7)24(16-20)32(33(9,10)11)25-17-21(27(4,5)6)13-15-23(25)31-19-29-8/h12-17H,18-19H2,1-11H3. The van der Waals surface area contributed by atoms with Crippen molar-refractivity contribution in [1.82, 2.24) is 0 Å². The Morgan fingerprint density at radius 3 is 1.30 bits per heavy atom. The van der Waals surface area contributed by atoms with Crippen LogP contribution in [0.2, 0.25) is 19.6 Å². The Labute approximate surface area is 203 Å². The van der Waals surface area contributed by atoms with Crippen LogP contribution in [-0.4, -0.2) is 35.5 Å². The van der Waals surface area contributed by atoms with E-state index in [1.165, 1.54) is 21.7 Å². The molecule has 2 aromatic carbocycles. The summed E-state index contributed by atoms with van der Waals surface area (Å²) in [5.41, 5.74) is 2.69. The molecule has 2 aromatic rings. The van der Waals surface area contributed by atoms with E-state index in [2.05, 4.69) is 97.6 Å². The first-order valence-electron chi connectivity index (χ1n) is 11.5. The predicted octanol–water partition coefficient (Wildman–Crippen LogP) is 6.51. The van der Waals surface area contributed by atoms with E-state index in [9.17, 15) is 0 Å². The average molecular weight is 491 g/mol. The lowest BCUT2D eigenvalue weighted by atomic mass is 9.87. The maximum atomic E-state index is 6.12. The first kappa shape index (κ1) is 27.8. The van der Waals surface area contributed by atoms with Crippen molar-refractivity contribution in [3.63, 3.8) is 0 Å². The van der Waals surface area contributed by atoms with Gasteiger partial charge in [0.1, 0.15) is 11.5 Å². The van der Waals surface area contributed by atoms with Gasteiger partial charge in [0.15, 0.2) is 13.6 Å². The third-order valence-electron chi connectivity index (χ3n) is 5.47. The van der Waals surface area contributed by atoms with Crippen molar-refractivity contribution < 1.29 is 18.9 Å². The van der Waals surface area contributed by atoms with Crippen LogP contribution >= 0.6 is 7.47 Å². The second kappa shape index (κ2) is 10.9. The minimum absolute atomic E-state index is 0.0393.